The van der Waals surface area contributed by atoms with Crippen LogP contribution in [0.15, 0.2) is 18.2 Å². The number of aliphatic hydroxyl groups is 1. The summed E-state index contributed by atoms with van der Waals surface area (Å²) < 4.78 is 9.71. The Morgan fingerprint density at radius 2 is 2.06 bits per heavy atom. The SMILES string of the molecule is COC(=O)CC(=O)c1cc(C)ccc1OCCO. The van der Waals surface area contributed by atoms with E-state index >= 15 is 0 Å². The molecule has 0 heterocycles. The van der Waals surface area contributed by atoms with Crippen molar-refractivity contribution in [2.75, 3.05) is 20.3 Å². The Balaban J connectivity index is 2.93. The second-order valence-corrected chi connectivity index (χ2v) is 3.75. The Bertz CT molecular complexity index is 439. The fourth-order valence-corrected chi connectivity index (χ4v) is 1.44. The largest absolute Gasteiger partial charge is 0.490 e. The molecule has 0 aromatic heterocycles. The third-order valence-corrected chi connectivity index (χ3v) is 2.32. The summed E-state index contributed by atoms with van der Waals surface area (Å²) in [5.74, 6) is -0.586. The average Bonchev–Trinajstić information content (AvgIpc) is 2.36. The molecule has 0 radical (unpaired) electrons. The minimum Gasteiger partial charge on any atom is -0.490 e. The van der Waals surface area contributed by atoms with Gasteiger partial charge in [0.1, 0.15) is 18.8 Å². The van der Waals surface area contributed by atoms with Crippen molar-refractivity contribution >= 4 is 11.8 Å². The molecule has 1 N–H and O–H groups in total. The highest BCUT2D eigenvalue weighted by atomic mass is 16.5. The van der Waals surface area contributed by atoms with Crippen LogP contribution in [0.25, 0.3) is 0 Å². The van der Waals surface area contributed by atoms with Gasteiger partial charge in [0.25, 0.3) is 0 Å². The van der Waals surface area contributed by atoms with E-state index in [1.165, 1.54) is 7.11 Å². The molecular weight excluding hydrogens is 236 g/mol. The van der Waals surface area contributed by atoms with Gasteiger partial charge in [-0.15, -0.1) is 0 Å². The van der Waals surface area contributed by atoms with Gasteiger partial charge in [0.15, 0.2) is 5.78 Å². The highest BCUT2D eigenvalue weighted by molar-refractivity contribution is 6.07. The lowest BCUT2D eigenvalue weighted by Gasteiger charge is -2.10. The van der Waals surface area contributed by atoms with Crippen LogP contribution >= 0.6 is 0 Å². The molecule has 0 aliphatic rings. The smallest absolute Gasteiger partial charge is 0.313 e. The minimum atomic E-state index is -0.588. The van der Waals surface area contributed by atoms with E-state index in [4.69, 9.17) is 9.84 Å². The van der Waals surface area contributed by atoms with Gasteiger partial charge in [-0.3, -0.25) is 9.59 Å². The van der Waals surface area contributed by atoms with Crippen LogP contribution in [0.5, 0.6) is 5.75 Å². The lowest BCUT2D eigenvalue weighted by atomic mass is 10.0. The summed E-state index contributed by atoms with van der Waals surface area (Å²) in [6.07, 6.45) is -0.324. The number of hydrogen-bond donors (Lipinski definition) is 1. The first-order valence-electron chi connectivity index (χ1n) is 5.52. The van der Waals surface area contributed by atoms with Gasteiger partial charge < -0.3 is 14.6 Å². The number of hydrogen-bond acceptors (Lipinski definition) is 5. The van der Waals surface area contributed by atoms with Crippen LogP contribution in [-0.2, 0) is 9.53 Å². The fourth-order valence-electron chi connectivity index (χ4n) is 1.44. The number of benzene rings is 1. The van der Waals surface area contributed by atoms with Crippen LogP contribution in [0.2, 0.25) is 0 Å². The molecule has 0 aliphatic heterocycles. The quantitative estimate of drug-likeness (QED) is 0.466. The van der Waals surface area contributed by atoms with Crippen LogP contribution in [0.4, 0.5) is 0 Å². The zero-order valence-corrected chi connectivity index (χ0v) is 10.4. The molecule has 1 rings (SSSR count). The lowest BCUT2D eigenvalue weighted by Crippen LogP contribution is -2.12. The number of Topliss-reactive ketones (excluding diaryl/α,β-unsaturated/α-hetero) is 1. The molecule has 98 valence electrons. The molecule has 5 heteroatoms. The zero-order chi connectivity index (χ0) is 13.5. The van der Waals surface area contributed by atoms with Gasteiger partial charge >= 0.3 is 5.97 Å². The topological polar surface area (TPSA) is 72.8 Å². The third-order valence-electron chi connectivity index (χ3n) is 2.32. The van der Waals surface area contributed by atoms with E-state index in [2.05, 4.69) is 4.74 Å². The van der Waals surface area contributed by atoms with Gasteiger partial charge in [-0.1, -0.05) is 11.6 Å². The molecule has 0 fully saturated rings. The molecule has 5 nitrogen and oxygen atoms in total. The maximum absolute atomic E-state index is 11.9. The molecule has 0 saturated heterocycles. The summed E-state index contributed by atoms with van der Waals surface area (Å²) in [6.45, 7) is 1.80. The van der Waals surface area contributed by atoms with Crippen LogP contribution in [0, 0.1) is 6.92 Å². The summed E-state index contributed by atoms with van der Waals surface area (Å²) >= 11 is 0. The first-order chi connectivity index (χ1) is 8.58. The third kappa shape index (κ3) is 3.85. The molecule has 0 saturated carbocycles. The lowest BCUT2D eigenvalue weighted by molar-refractivity contribution is -0.139. The van der Waals surface area contributed by atoms with Crippen LogP contribution < -0.4 is 4.74 Å². The van der Waals surface area contributed by atoms with E-state index in [1.54, 1.807) is 18.2 Å². The molecule has 0 aliphatic carbocycles. The van der Waals surface area contributed by atoms with E-state index in [-0.39, 0.29) is 25.4 Å². The van der Waals surface area contributed by atoms with Gasteiger partial charge in [-0.2, -0.15) is 0 Å². The molecule has 1 aromatic rings. The molecule has 1 aromatic carbocycles. The maximum atomic E-state index is 11.9. The molecule has 0 atom stereocenters. The second-order valence-electron chi connectivity index (χ2n) is 3.75. The molecule has 0 unspecified atom stereocenters. The predicted octanol–water partition coefficient (Wildman–Crippen LogP) is 1.11. The number of ether oxygens (including phenoxy) is 2. The predicted molar refractivity (Wildman–Crippen MR) is 64.7 cm³/mol. The van der Waals surface area contributed by atoms with E-state index < -0.39 is 5.97 Å². The monoisotopic (exact) mass is 252 g/mol. The van der Waals surface area contributed by atoms with Crippen LogP contribution in [0.1, 0.15) is 22.3 Å². The Morgan fingerprint density at radius 3 is 2.67 bits per heavy atom. The fraction of sp³-hybridized carbons (Fsp3) is 0.385. The van der Waals surface area contributed by atoms with Crippen molar-refractivity contribution in [1.82, 2.24) is 0 Å². The van der Waals surface area contributed by atoms with Crippen molar-refractivity contribution in [3.05, 3.63) is 29.3 Å². The van der Waals surface area contributed by atoms with Gasteiger partial charge in [0.2, 0.25) is 0 Å². The van der Waals surface area contributed by atoms with Crippen LogP contribution in [-0.4, -0.2) is 37.2 Å². The zero-order valence-electron chi connectivity index (χ0n) is 10.4. The number of aryl methyl sites for hydroxylation is 1. The van der Waals surface area contributed by atoms with Crippen molar-refractivity contribution in [3.8, 4) is 5.75 Å². The van der Waals surface area contributed by atoms with Crippen molar-refractivity contribution in [2.24, 2.45) is 0 Å². The first kappa shape index (κ1) is 14.2. The van der Waals surface area contributed by atoms with Gasteiger partial charge in [-0.05, 0) is 19.1 Å². The Labute approximate surface area is 105 Å². The minimum absolute atomic E-state index is 0.0988. The number of esters is 1. The molecule has 0 spiro atoms. The Morgan fingerprint density at radius 1 is 1.33 bits per heavy atom. The van der Waals surface area contributed by atoms with Gasteiger partial charge in [0.05, 0.1) is 19.3 Å². The van der Waals surface area contributed by atoms with Crippen molar-refractivity contribution in [2.45, 2.75) is 13.3 Å². The molecule has 0 bridgehead atoms. The van der Waals surface area contributed by atoms with Crippen molar-refractivity contribution < 1.29 is 24.2 Å². The second kappa shape index (κ2) is 6.76. The first-order valence-corrected chi connectivity index (χ1v) is 5.52. The standard InChI is InChI=1S/C13H16O5/c1-9-3-4-12(18-6-5-14)10(7-9)11(15)8-13(16)17-2/h3-4,7,14H,5-6,8H2,1-2H3. The average molecular weight is 252 g/mol. The van der Waals surface area contributed by atoms with Crippen molar-refractivity contribution in [1.29, 1.82) is 0 Å². The van der Waals surface area contributed by atoms with Crippen molar-refractivity contribution in [3.63, 3.8) is 0 Å². The summed E-state index contributed by atoms with van der Waals surface area (Å²) in [6, 6.07) is 5.09. The highest BCUT2D eigenvalue weighted by Crippen LogP contribution is 2.21. The summed E-state index contributed by atoms with van der Waals surface area (Å²) in [7, 11) is 1.23. The van der Waals surface area contributed by atoms with Gasteiger partial charge in [-0.25, -0.2) is 0 Å². The molecular formula is C13H16O5. The molecule has 18 heavy (non-hydrogen) atoms. The summed E-state index contributed by atoms with van der Waals surface area (Å²) in [4.78, 5) is 23.0. The molecule has 0 amide bonds. The number of carbonyl (C=O) groups is 2. The Hall–Kier alpha value is -1.88. The highest BCUT2D eigenvalue weighted by Gasteiger charge is 2.16. The number of ketones is 1. The van der Waals surface area contributed by atoms with E-state index in [9.17, 15) is 9.59 Å². The number of rotatable bonds is 6. The van der Waals surface area contributed by atoms with E-state index in [1.807, 2.05) is 6.92 Å². The number of aliphatic hydroxyl groups excluding tert-OH is 1. The maximum Gasteiger partial charge on any atom is 0.313 e. The normalized spacial score (nSPS) is 9.94. The summed E-state index contributed by atoms with van der Waals surface area (Å²) in [5.41, 5.74) is 1.22. The van der Waals surface area contributed by atoms with Crippen LogP contribution in [0.3, 0.4) is 0 Å². The van der Waals surface area contributed by atoms with Gasteiger partial charge in [0, 0.05) is 0 Å². The number of methoxy groups -OCH3 is 1. The van der Waals surface area contributed by atoms with E-state index in [0.29, 0.717) is 11.3 Å². The Kier molecular flexibility index (Phi) is 5.32. The number of carbonyl (C=O) groups excluding carboxylic acids is 2. The van der Waals surface area contributed by atoms with E-state index in [0.717, 1.165) is 5.56 Å². The summed E-state index contributed by atoms with van der Waals surface area (Å²) in [5, 5.41) is 8.71.